The molecular weight excluding hydrogens is 142 g/mol. The lowest BCUT2D eigenvalue weighted by atomic mass is 10.1. The molecule has 0 aliphatic carbocycles. The first-order valence-corrected chi connectivity index (χ1v) is 3.77. The summed E-state index contributed by atoms with van der Waals surface area (Å²) in [6.45, 7) is 6.86. The van der Waals surface area contributed by atoms with Gasteiger partial charge in [-0.3, -0.25) is 4.79 Å². The Bertz CT molecular complexity index is 127. The van der Waals surface area contributed by atoms with Crippen molar-refractivity contribution < 1.29 is 9.53 Å². The molecule has 0 spiro atoms. The zero-order chi connectivity index (χ0) is 8.91. The molecule has 0 amide bonds. The number of ether oxygens (including phenoxy) is 1. The Morgan fingerprint density at radius 1 is 1.45 bits per heavy atom. The first kappa shape index (κ1) is 10.4. The van der Waals surface area contributed by atoms with E-state index in [1.165, 1.54) is 7.11 Å². The minimum Gasteiger partial charge on any atom is -0.469 e. The molecule has 3 heteroatoms. The number of methoxy groups -OCH3 is 1. The zero-order valence-corrected chi connectivity index (χ0v) is 7.73. The minimum atomic E-state index is -0.165. The second kappa shape index (κ2) is 4.34. The molecule has 0 bridgehead atoms. The van der Waals surface area contributed by atoms with Gasteiger partial charge in [0.05, 0.1) is 13.5 Å². The summed E-state index contributed by atoms with van der Waals surface area (Å²) in [4.78, 5) is 10.6. The average Bonchev–Trinajstić information content (AvgIpc) is 1.85. The summed E-state index contributed by atoms with van der Waals surface area (Å²) in [7, 11) is 1.40. The summed E-state index contributed by atoms with van der Waals surface area (Å²) >= 11 is 0. The van der Waals surface area contributed by atoms with Crippen molar-refractivity contribution >= 4 is 5.97 Å². The van der Waals surface area contributed by atoms with Crippen LogP contribution in [0.2, 0.25) is 0 Å². The Hall–Kier alpha value is -0.570. The van der Waals surface area contributed by atoms with Crippen LogP contribution in [0.3, 0.4) is 0 Å². The molecule has 0 saturated carbocycles. The molecule has 3 nitrogen and oxygen atoms in total. The molecule has 0 saturated heterocycles. The second-order valence-electron chi connectivity index (χ2n) is 3.50. The van der Waals surface area contributed by atoms with Crippen LogP contribution in [0.25, 0.3) is 0 Å². The van der Waals surface area contributed by atoms with Crippen LogP contribution < -0.4 is 5.32 Å². The van der Waals surface area contributed by atoms with Gasteiger partial charge in [0, 0.05) is 12.1 Å². The van der Waals surface area contributed by atoms with Gasteiger partial charge in [0.2, 0.25) is 0 Å². The first-order valence-electron chi connectivity index (χ1n) is 3.77. The van der Waals surface area contributed by atoms with Gasteiger partial charge in [-0.1, -0.05) is 0 Å². The second-order valence-corrected chi connectivity index (χ2v) is 3.50. The molecule has 0 aromatic heterocycles. The molecule has 11 heavy (non-hydrogen) atoms. The third-order valence-electron chi connectivity index (χ3n) is 1.21. The molecular formula is C8H17NO2. The van der Waals surface area contributed by atoms with Crippen LogP contribution in [0.1, 0.15) is 27.2 Å². The molecule has 1 N–H and O–H groups in total. The fraction of sp³-hybridized carbons (Fsp3) is 0.875. The van der Waals surface area contributed by atoms with Crippen molar-refractivity contribution in [2.24, 2.45) is 0 Å². The first-order chi connectivity index (χ1) is 4.95. The third kappa shape index (κ3) is 7.33. The van der Waals surface area contributed by atoms with Crippen molar-refractivity contribution in [3.05, 3.63) is 0 Å². The lowest BCUT2D eigenvalue weighted by molar-refractivity contribution is -0.140. The maximum absolute atomic E-state index is 10.6. The maximum atomic E-state index is 10.6. The van der Waals surface area contributed by atoms with Crippen molar-refractivity contribution in [2.45, 2.75) is 32.7 Å². The van der Waals surface area contributed by atoms with E-state index in [0.717, 1.165) is 0 Å². The lowest BCUT2D eigenvalue weighted by Gasteiger charge is -2.19. The molecule has 0 fully saturated rings. The molecule has 0 aromatic carbocycles. The monoisotopic (exact) mass is 159 g/mol. The minimum absolute atomic E-state index is 0.0774. The highest BCUT2D eigenvalue weighted by molar-refractivity contribution is 5.69. The molecule has 0 heterocycles. The van der Waals surface area contributed by atoms with Gasteiger partial charge in [0.1, 0.15) is 0 Å². The van der Waals surface area contributed by atoms with E-state index in [1.807, 2.05) is 0 Å². The van der Waals surface area contributed by atoms with E-state index < -0.39 is 0 Å². The van der Waals surface area contributed by atoms with Crippen molar-refractivity contribution in [1.29, 1.82) is 0 Å². The van der Waals surface area contributed by atoms with Crippen molar-refractivity contribution in [2.75, 3.05) is 13.7 Å². The van der Waals surface area contributed by atoms with Gasteiger partial charge < -0.3 is 10.1 Å². The van der Waals surface area contributed by atoms with E-state index in [4.69, 9.17) is 0 Å². The van der Waals surface area contributed by atoms with Gasteiger partial charge in [0.25, 0.3) is 0 Å². The Kier molecular flexibility index (Phi) is 4.11. The molecule has 0 rings (SSSR count). The third-order valence-corrected chi connectivity index (χ3v) is 1.21. The Labute approximate surface area is 68.1 Å². The molecule has 0 aliphatic heterocycles. The quantitative estimate of drug-likeness (QED) is 0.623. The van der Waals surface area contributed by atoms with Gasteiger partial charge in [-0.2, -0.15) is 0 Å². The summed E-state index contributed by atoms with van der Waals surface area (Å²) in [5.41, 5.74) is 0.0774. The smallest absolute Gasteiger partial charge is 0.306 e. The highest BCUT2D eigenvalue weighted by Crippen LogP contribution is 1.97. The largest absolute Gasteiger partial charge is 0.469 e. The normalized spacial score (nSPS) is 11.3. The van der Waals surface area contributed by atoms with E-state index in [2.05, 4.69) is 30.8 Å². The molecule has 0 radical (unpaired) electrons. The predicted octanol–water partition coefficient (Wildman–Crippen LogP) is 0.938. The van der Waals surface area contributed by atoms with Crippen LogP contribution in [-0.2, 0) is 9.53 Å². The van der Waals surface area contributed by atoms with E-state index in [1.54, 1.807) is 0 Å². The summed E-state index contributed by atoms with van der Waals surface area (Å²) in [5.74, 6) is -0.165. The van der Waals surface area contributed by atoms with E-state index in [9.17, 15) is 4.79 Å². The summed E-state index contributed by atoms with van der Waals surface area (Å²) in [6.07, 6.45) is 0.438. The summed E-state index contributed by atoms with van der Waals surface area (Å²) < 4.78 is 4.49. The molecule has 0 aromatic rings. The van der Waals surface area contributed by atoms with E-state index >= 15 is 0 Å². The van der Waals surface area contributed by atoms with Crippen LogP contribution in [0, 0.1) is 0 Å². The van der Waals surface area contributed by atoms with Crippen LogP contribution in [0.4, 0.5) is 0 Å². The predicted molar refractivity (Wildman–Crippen MR) is 44.4 cm³/mol. The van der Waals surface area contributed by atoms with Crippen LogP contribution in [0.5, 0.6) is 0 Å². The number of hydrogen-bond acceptors (Lipinski definition) is 3. The Morgan fingerprint density at radius 2 is 2.00 bits per heavy atom. The fourth-order valence-corrected chi connectivity index (χ4v) is 0.642. The number of rotatable bonds is 3. The van der Waals surface area contributed by atoms with Gasteiger partial charge in [-0.25, -0.2) is 0 Å². The van der Waals surface area contributed by atoms with E-state index in [-0.39, 0.29) is 11.5 Å². The van der Waals surface area contributed by atoms with Crippen molar-refractivity contribution in [3.63, 3.8) is 0 Å². The van der Waals surface area contributed by atoms with E-state index in [0.29, 0.717) is 13.0 Å². The Balaban J connectivity index is 3.35. The van der Waals surface area contributed by atoms with Gasteiger partial charge in [-0.05, 0) is 20.8 Å². The number of nitrogens with one attached hydrogen (secondary N) is 1. The van der Waals surface area contributed by atoms with Crippen molar-refractivity contribution in [1.82, 2.24) is 5.32 Å². The molecule has 0 atom stereocenters. The number of hydrogen-bond donors (Lipinski definition) is 1. The van der Waals surface area contributed by atoms with Gasteiger partial charge >= 0.3 is 5.97 Å². The zero-order valence-electron chi connectivity index (χ0n) is 7.73. The fourth-order valence-electron chi connectivity index (χ4n) is 0.642. The van der Waals surface area contributed by atoms with Crippen molar-refractivity contribution in [3.8, 4) is 0 Å². The molecule has 0 aliphatic rings. The standard InChI is InChI=1S/C8H17NO2/c1-8(2,3)9-6-5-7(10)11-4/h9H,5-6H2,1-4H3. The van der Waals surface area contributed by atoms with Crippen LogP contribution >= 0.6 is 0 Å². The highest BCUT2D eigenvalue weighted by atomic mass is 16.5. The van der Waals surface area contributed by atoms with Gasteiger partial charge in [0.15, 0.2) is 0 Å². The topological polar surface area (TPSA) is 38.3 Å². The summed E-state index contributed by atoms with van der Waals surface area (Å²) in [6, 6.07) is 0. The van der Waals surface area contributed by atoms with Crippen LogP contribution in [0.15, 0.2) is 0 Å². The van der Waals surface area contributed by atoms with Gasteiger partial charge in [-0.15, -0.1) is 0 Å². The number of carbonyl (C=O) groups is 1. The average molecular weight is 159 g/mol. The highest BCUT2D eigenvalue weighted by Gasteiger charge is 2.08. The summed E-state index contributed by atoms with van der Waals surface area (Å²) in [5, 5.41) is 3.19. The molecule has 0 unspecified atom stereocenters. The number of esters is 1. The lowest BCUT2D eigenvalue weighted by Crippen LogP contribution is -2.37. The maximum Gasteiger partial charge on any atom is 0.306 e. The van der Waals surface area contributed by atoms with Crippen LogP contribution in [-0.4, -0.2) is 25.2 Å². The molecule has 66 valence electrons. The SMILES string of the molecule is COC(=O)CCNC(C)(C)C. The Morgan fingerprint density at radius 3 is 2.36 bits per heavy atom. The number of carbonyl (C=O) groups excluding carboxylic acids is 1.